The average molecular weight is 289 g/mol. The highest BCUT2D eigenvalue weighted by Crippen LogP contribution is 2.21. The van der Waals surface area contributed by atoms with E-state index in [1.807, 2.05) is 12.1 Å². The zero-order valence-electron chi connectivity index (χ0n) is 13.2. The van der Waals surface area contributed by atoms with Gasteiger partial charge < -0.3 is 10.1 Å². The Morgan fingerprint density at radius 3 is 2.52 bits per heavy atom. The largest absolute Gasteiger partial charge is 0.484 e. The molecule has 3 heteroatoms. The maximum atomic E-state index is 11.9. The van der Waals surface area contributed by atoms with E-state index in [1.165, 1.54) is 24.8 Å². The maximum absolute atomic E-state index is 11.9. The van der Waals surface area contributed by atoms with Crippen LogP contribution >= 0.6 is 0 Å². The van der Waals surface area contributed by atoms with Gasteiger partial charge in [0.15, 0.2) is 6.61 Å². The molecule has 0 aliphatic heterocycles. The molecular weight excluding hydrogens is 262 g/mol. The summed E-state index contributed by atoms with van der Waals surface area (Å²) in [5.41, 5.74) is 1.32. The minimum absolute atomic E-state index is 0.00657. The molecule has 1 aliphatic carbocycles. The van der Waals surface area contributed by atoms with Crippen LogP contribution in [-0.4, -0.2) is 18.6 Å². The summed E-state index contributed by atoms with van der Waals surface area (Å²) in [5.74, 6) is 1.32. The van der Waals surface area contributed by atoms with Gasteiger partial charge in [0.25, 0.3) is 5.91 Å². The maximum Gasteiger partial charge on any atom is 0.258 e. The monoisotopic (exact) mass is 289 g/mol. The molecule has 2 rings (SSSR count). The third kappa shape index (κ3) is 5.07. The van der Waals surface area contributed by atoms with Crippen LogP contribution in [0.5, 0.6) is 5.75 Å². The third-order valence-electron chi connectivity index (χ3n) is 4.40. The molecule has 0 bridgehead atoms. The summed E-state index contributed by atoms with van der Waals surface area (Å²) in [4.78, 5) is 11.9. The molecule has 1 unspecified atom stereocenters. The highest BCUT2D eigenvalue weighted by Gasteiger charge is 2.15. The van der Waals surface area contributed by atoms with Crippen molar-refractivity contribution in [2.24, 2.45) is 0 Å². The van der Waals surface area contributed by atoms with Crippen LogP contribution in [0.3, 0.4) is 0 Å². The topological polar surface area (TPSA) is 38.3 Å². The molecule has 1 atom stereocenters. The van der Waals surface area contributed by atoms with Gasteiger partial charge in [-0.05, 0) is 42.9 Å². The molecule has 0 saturated heterocycles. The van der Waals surface area contributed by atoms with E-state index in [4.69, 9.17) is 4.74 Å². The van der Waals surface area contributed by atoms with E-state index in [9.17, 15) is 4.79 Å². The van der Waals surface area contributed by atoms with E-state index in [-0.39, 0.29) is 12.5 Å². The predicted molar refractivity (Wildman–Crippen MR) is 85.7 cm³/mol. The van der Waals surface area contributed by atoms with Crippen LogP contribution in [0.4, 0.5) is 0 Å². The number of benzene rings is 1. The summed E-state index contributed by atoms with van der Waals surface area (Å²) in [6.45, 7) is 4.51. The summed E-state index contributed by atoms with van der Waals surface area (Å²) in [6, 6.07) is 8.43. The predicted octanol–water partition coefficient (Wildman–Crippen LogP) is 4.03. The zero-order valence-corrected chi connectivity index (χ0v) is 13.2. The molecule has 3 nitrogen and oxygen atoms in total. The lowest BCUT2D eigenvalue weighted by atomic mass is 9.95. The Balaban J connectivity index is 1.75. The first-order valence-corrected chi connectivity index (χ1v) is 8.21. The van der Waals surface area contributed by atoms with Crippen LogP contribution in [0.25, 0.3) is 0 Å². The Labute approximate surface area is 128 Å². The van der Waals surface area contributed by atoms with Gasteiger partial charge >= 0.3 is 0 Å². The van der Waals surface area contributed by atoms with Gasteiger partial charge in [0.05, 0.1) is 0 Å². The smallest absolute Gasteiger partial charge is 0.258 e. The fraction of sp³-hybridized carbons (Fsp3) is 0.611. The second-order valence-electron chi connectivity index (χ2n) is 6.07. The summed E-state index contributed by atoms with van der Waals surface area (Å²) in [6.07, 6.45) is 7.09. The molecule has 0 radical (unpaired) electrons. The van der Waals surface area contributed by atoms with Crippen molar-refractivity contribution in [3.05, 3.63) is 29.8 Å². The van der Waals surface area contributed by atoms with Crippen LogP contribution in [-0.2, 0) is 4.79 Å². The number of hydrogen-bond donors (Lipinski definition) is 1. The minimum Gasteiger partial charge on any atom is -0.484 e. The number of carbonyl (C=O) groups is 1. The van der Waals surface area contributed by atoms with Gasteiger partial charge in [-0.1, -0.05) is 45.2 Å². The second kappa shape index (κ2) is 8.06. The zero-order chi connectivity index (χ0) is 15.1. The van der Waals surface area contributed by atoms with Crippen molar-refractivity contribution >= 4 is 5.91 Å². The van der Waals surface area contributed by atoms with Gasteiger partial charge in [0.2, 0.25) is 0 Å². The average Bonchev–Trinajstić information content (AvgIpc) is 2.53. The second-order valence-corrected chi connectivity index (χ2v) is 6.07. The fourth-order valence-electron chi connectivity index (χ4n) is 2.79. The van der Waals surface area contributed by atoms with E-state index in [0.717, 1.165) is 25.0 Å². The highest BCUT2D eigenvalue weighted by atomic mass is 16.5. The van der Waals surface area contributed by atoms with Crippen molar-refractivity contribution in [3.63, 3.8) is 0 Å². The molecule has 0 spiro atoms. The summed E-state index contributed by atoms with van der Waals surface area (Å²) in [5, 5.41) is 3.06. The number of carbonyl (C=O) groups excluding carboxylic acids is 1. The molecule has 1 aromatic rings. The van der Waals surface area contributed by atoms with Crippen LogP contribution in [0.15, 0.2) is 24.3 Å². The number of rotatable bonds is 6. The van der Waals surface area contributed by atoms with E-state index in [1.54, 1.807) is 0 Å². The quantitative estimate of drug-likeness (QED) is 0.858. The Morgan fingerprint density at radius 2 is 1.90 bits per heavy atom. The first-order chi connectivity index (χ1) is 10.2. The molecule has 1 aliphatic rings. The molecule has 1 fully saturated rings. The first-order valence-electron chi connectivity index (χ1n) is 8.21. The highest BCUT2D eigenvalue weighted by molar-refractivity contribution is 5.77. The van der Waals surface area contributed by atoms with Gasteiger partial charge in [-0.3, -0.25) is 4.79 Å². The van der Waals surface area contributed by atoms with Gasteiger partial charge in [-0.25, -0.2) is 0 Å². The van der Waals surface area contributed by atoms with Crippen molar-refractivity contribution in [1.29, 1.82) is 0 Å². The van der Waals surface area contributed by atoms with Crippen molar-refractivity contribution in [3.8, 4) is 5.75 Å². The standard InChI is InChI=1S/C18H27NO2/c1-3-14(2)15-9-11-17(12-10-15)21-13-18(20)19-16-7-5-4-6-8-16/h9-12,14,16H,3-8,13H2,1-2H3,(H,19,20). The minimum atomic E-state index is -0.00657. The van der Waals surface area contributed by atoms with Crippen LogP contribution in [0, 0.1) is 0 Å². The summed E-state index contributed by atoms with van der Waals surface area (Å²) >= 11 is 0. The fourth-order valence-corrected chi connectivity index (χ4v) is 2.79. The molecule has 0 aromatic heterocycles. The first kappa shape index (κ1) is 15.9. The molecule has 116 valence electrons. The Bertz CT molecular complexity index is 435. The number of ether oxygens (including phenoxy) is 1. The van der Waals surface area contributed by atoms with E-state index >= 15 is 0 Å². The normalized spacial score (nSPS) is 17.2. The molecule has 1 saturated carbocycles. The van der Waals surface area contributed by atoms with Crippen molar-refractivity contribution in [2.75, 3.05) is 6.61 Å². The number of amides is 1. The van der Waals surface area contributed by atoms with E-state index < -0.39 is 0 Å². The molecule has 1 amide bonds. The Morgan fingerprint density at radius 1 is 1.24 bits per heavy atom. The molecule has 0 heterocycles. The van der Waals surface area contributed by atoms with Crippen molar-refractivity contribution < 1.29 is 9.53 Å². The van der Waals surface area contributed by atoms with Crippen LogP contribution in [0.2, 0.25) is 0 Å². The van der Waals surface area contributed by atoms with Crippen LogP contribution in [0.1, 0.15) is 63.9 Å². The summed E-state index contributed by atoms with van der Waals surface area (Å²) in [7, 11) is 0. The van der Waals surface area contributed by atoms with Crippen molar-refractivity contribution in [2.45, 2.75) is 64.3 Å². The third-order valence-corrected chi connectivity index (χ3v) is 4.40. The Hall–Kier alpha value is -1.51. The lowest BCUT2D eigenvalue weighted by Crippen LogP contribution is -2.38. The molecule has 1 N–H and O–H groups in total. The SMILES string of the molecule is CCC(C)c1ccc(OCC(=O)NC2CCCCC2)cc1. The lowest BCUT2D eigenvalue weighted by molar-refractivity contribution is -0.124. The van der Waals surface area contributed by atoms with Gasteiger partial charge in [-0.15, -0.1) is 0 Å². The number of hydrogen-bond acceptors (Lipinski definition) is 2. The summed E-state index contributed by atoms with van der Waals surface area (Å²) < 4.78 is 5.57. The number of nitrogens with one attached hydrogen (secondary N) is 1. The van der Waals surface area contributed by atoms with E-state index in [2.05, 4.69) is 31.3 Å². The Kier molecular flexibility index (Phi) is 6.09. The van der Waals surface area contributed by atoms with E-state index in [0.29, 0.717) is 12.0 Å². The molecular formula is C18H27NO2. The van der Waals surface area contributed by atoms with Crippen LogP contribution < -0.4 is 10.1 Å². The van der Waals surface area contributed by atoms with Gasteiger partial charge in [0.1, 0.15) is 5.75 Å². The molecule has 21 heavy (non-hydrogen) atoms. The van der Waals surface area contributed by atoms with Gasteiger partial charge in [-0.2, -0.15) is 0 Å². The van der Waals surface area contributed by atoms with Gasteiger partial charge in [0, 0.05) is 6.04 Å². The molecule has 1 aromatic carbocycles. The lowest BCUT2D eigenvalue weighted by Gasteiger charge is -2.22. The van der Waals surface area contributed by atoms with Crippen molar-refractivity contribution in [1.82, 2.24) is 5.32 Å².